The summed E-state index contributed by atoms with van der Waals surface area (Å²) in [7, 11) is 0. The molecular formula is C23H46O5. The van der Waals surface area contributed by atoms with Crippen molar-refractivity contribution in [1.29, 1.82) is 0 Å². The smallest absolute Gasteiger partial charge is 0.101 e. The van der Waals surface area contributed by atoms with E-state index in [2.05, 4.69) is 33.8 Å². The number of aliphatic hydroxyl groups is 3. The van der Waals surface area contributed by atoms with Crippen LogP contribution in [0.2, 0.25) is 0 Å². The van der Waals surface area contributed by atoms with E-state index in [9.17, 15) is 5.11 Å². The Kier molecular flexibility index (Phi) is 18.3. The Labute approximate surface area is 173 Å². The molecule has 0 aliphatic rings. The van der Waals surface area contributed by atoms with Gasteiger partial charge >= 0.3 is 0 Å². The van der Waals surface area contributed by atoms with Crippen molar-refractivity contribution in [3.8, 4) is 0 Å². The zero-order valence-electron chi connectivity index (χ0n) is 18.7. The van der Waals surface area contributed by atoms with Crippen molar-refractivity contribution < 1.29 is 24.8 Å². The van der Waals surface area contributed by atoms with E-state index < -0.39 is 12.2 Å². The fourth-order valence-electron chi connectivity index (χ4n) is 3.04. The lowest BCUT2D eigenvalue weighted by molar-refractivity contribution is -0.0479. The van der Waals surface area contributed by atoms with Crippen LogP contribution >= 0.6 is 0 Å². The minimum absolute atomic E-state index is 0.0222. The van der Waals surface area contributed by atoms with E-state index in [-0.39, 0.29) is 26.4 Å². The predicted octanol–water partition coefficient (Wildman–Crippen LogP) is 4.09. The normalized spacial score (nSPS) is 15.8. The Balaban J connectivity index is 3.56. The van der Waals surface area contributed by atoms with Crippen LogP contribution < -0.4 is 0 Å². The molecule has 0 aromatic heterocycles. The standard InChI is InChI=1S/C23H46O5/c1-19(2)9-7-11-21(4)13-8-12-20(3)10-5-6-14-27-17-23(26)18-28-16-22(25)15-24/h10,19,21-26H,5-9,11-18H2,1-4H3. The van der Waals surface area contributed by atoms with Gasteiger partial charge in [0.1, 0.15) is 12.2 Å². The van der Waals surface area contributed by atoms with Crippen LogP contribution in [0.1, 0.15) is 79.1 Å². The average Bonchev–Trinajstić information content (AvgIpc) is 2.64. The molecule has 0 amide bonds. The van der Waals surface area contributed by atoms with Crippen molar-refractivity contribution in [1.82, 2.24) is 0 Å². The van der Waals surface area contributed by atoms with Crippen LogP contribution in [0, 0.1) is 11.8 Å². The van der Waals surface area contributed by atoms with Gasteiger partial charge in [-0.05, 0) is 44.4 Å². The molecule has 0 aliphatic heterocycles. The van der Waals surface area contributed by atoms with Gasteiger partial charge < -0.3 is 24.8 Å². The molecule has 28 heavy (non-hydrogen) atoms. The molecule has 0 saturated heterocycles. The Morgan fingerprint density at radius 1 is 0.857 bits per heavy atom. The topological polar surface area (TPSA) is 79.2 Å². The highest BCUT2D eigenvalue weighted by Gasteiger charge is 2.07. The van der Waals surface area contributed by atoms with Gasteiger partial charge in [0, 0.05) is 6.61 Å². The Hall–Kier alpha value is -0.460. The fourth-order valence-corrected chi connectivity index (χ4v) is 3.04. The Bertz CT molecular complexity index is 370. The van der Waals surface area contributed by atoms with Crippen LogP contribution in [0.15, 0.2) is 11.6 Å². The predicted molar refractivity (Wildman–Crippen MR) is 115 cm³/mol. The van der Waals surface area contributed by atoms with Crippen LogP contribution in [-0.4, -0.2) is 60.6 Å². The number of unbranched alkanes of at least 4 members (excludes halogenated alkanes) is 1. The maximum Gasteiger partial charge on any atom is 0.101 e. The van der Waals surface area contributed by atoms with Gasteiger partial charge in [-0.3, -0.25) is 0 Å². The molecule has 3 atom stereocenters. The molecule has 0 aromatic rings. The Morgan fingerprint density at radius 2 is 1.50 bits per heavy atom. The SMILES string of the molecule is CC(=CCCCOCC(O)COCC(O)CO)CCCC(C)CCCC(C)C. The molecule has 0 aromatic carbocycles. The van der Waals surface area contributed by atoms with Gasteiger partial charge in [-0.25, -0.2) is 0 Å². The third kappa shape index (κ3) is 18.9. The van der Waals surface area contributed by atoms with E-state index in [1.54, 1.807) is 0 Å². The summed E-state index contributed by atoms with van der Waals surface area (Å²) in [5.74, 6) is 1.66. The van der Waals surface area contributed by atoms with E-state index >= 15 is 0 Å². The number of hydrogen-bond acceptors (Lipinski definition) is 5. The van der Waals surface area contributed by atoms with Crippen LogP contribution in [0.5, 0.6) is 0 Å². The monoisotopic (exact) mass is 402 g/mol. The molecule has 0 rings (SSSR count). The van der Waals surface area contributed by atoms with Crippen molar-refractivity contribution in [3.05, 3.63) is 11.6 Å². The van der Waals surface area contributed by atoms with Crippen molar-refractivity contribution >= 4 is 0 Å². The quantitative estimate of drug-likeness (QED) is 0.224. The maximum atomic E-state index is 9.70. The Morgan fingerprint density at radius 3 is 2.18 bits per heavy atom. The van der Waals surface area contributed by atoms with E-state index in [1.165, 1.54) is 44.1 Å². The molecule has 0 radical (unpaired) electrons. The summed E-state index contributed by atoms with van der Waals surface area (Å²) >= 11 is 0. The zero-order chi connectivity index (χ0) is 21.2. The largest absolute Gasteiger partial charge is 0.394 e. The van der Waals surface area contributed by atoms with Crippen LogP contribution in [0.4, 0.5) is 0 Å². The second-order valence-electron chi connectivity index (χ2n) is 8.62. The number of rotatable bonds is 19. The van der Waals surface area contributed by atoms with Gasteiger partial charge in [-0.1, -0.05) is 58.1 Å². The number of aliphatic hydroxyl groups excluding tert-OH is 3. The molecule has 0 fully saturated rings. The summed E-state index contributed by atoms with van der Waals surface area (Å²) in [6.45, 7) is 9.83. The van der Waals surface area contributed by atoms with Gasteiger partial charge in [0.05, 0.1) is 26.4 Å². The second-order valence-corrected chi connectivity index (χ2v) is 8.62. The van der Waals surface area contributed by atoms with Gasteiger partial charge in [-0.2, -0.15) is 0 Å². The number of hydrogen-bond donors (Lipinski definition) is 3. The molecule has 3 unspecified atom stereocenters. The molecule has 168 valence electrons. The lowest BCUT2D eigenvalue weighted by Crippen LogP contribution is -2.26. The van der Waals surface area contributed by atoms with Crippen LogP contribution in [0.25, 0.3) is 0 Å². The van der Waals surface area contributed by atoms with Crippen molar-refractivity contribution in [2.24, 2.45) is 11.8 Å². The summed E-state index contributed by atoms with van der Waals surface area (Å²) in [6.07, 6.45) is 10.5. The van der Waals surface area contributed by atoms with E-state index in [1.807, 2.05) is 0 Å². The van der Waals surface area contributed by atoms with Crippen LogP contribution in [-0.2, 0) is 9.47 Å². The number of allylic oxidation sites excluding steroid dienone is 2. The summed E-state index contributed by atoms with van der Waals surface area (Å²) in [6, 6.07) is 0. The first-order valence-corrected chi connectivity index (χ1v) is 11.1. The van der Waals surface area contributed by atoms with Crippen molar-refractivity contribution in [2.75, 3.05) is 33.0 Å². The third-order valence-corrected chi connectivity index (χ3v) is 4.87. The molecular weight excluding hydrogens is 356 g/mol. The molecule has 0 aliphatic carbocycles. The van der Waals surface area contributed by atoms with Crippen molar-refractivity contribution in [2.45, 2.75) is 91.3 Å². The first-order valence-electron chi connectivity index (χ1n) is 11.1. The average molecular weight is 403 g/mol. The molecule has 3 N–H and O–H groups in total. The summed E-state index contributed by atoms with van der Waals surface area (Å²) in [5.41, 5.74) is 1.46. The lowest BCUT2D eigenvalue weighted by atomic mass is 9.94. The molecule has 5 nitrogen and oxygen atoms in total. The van der Waals surface area contributed by atoms with E-state index in [4.69, 9.17) is 19.7 Å². The third-order valence-electron chi connectivity index (χ3n) is 4.87. The molecule has 0 saturated carbocycles. The van der Waals surface area contributed by atoms with Gasteiger partial charge in [0.2, 0.25) is 0 Å². The number of ether oxygens (including phenoxy) is 2. The van der Waals surface area contributed by atoms with E-state index in [0.717, 1.165) is 24.7 Å². The molecule has 0 bridgehead atoms. The fraction of sp³-hybridized carbons (Fsp3) is 0.913. The van der Waals surface area contributed by atoms with Gasteiger partial charge in [-0.15, -0.1) is 0 Å². The molecule has 0 heterocycles. The summed E-state index contributed by atoms with van der Waals surface area (Å²) < 4.78 is 10.6. The van der Waals surface area contributed by atoms with Crippen molar-refractivity contribution in [3.63, 3.8) is 0 Å². The molecule has 5 heteroatoms. The highest BCUT2D eigenvalue weighted by atomic mass is 16.5. The lowest BCUT2D eigenvalue weighted by Gasteiger charge is -2.13. The van der Waals surface area contributed by atoms with E-state index in [0.29, 0.717) is 6.61 Å². The summed E-state index contributed by atoms with van der Waals surface area (Å²) in [5, 5.41) is 27.5. The zero-order valence-corrected chi connectivity index (χ0v) is 18.7. The van der Waals surface area contributed by atoms with Gasteiger partial charge in [0.15, 0.2) is 0 Å². The maximum absolute atomic E-state index is 9.70. The first kappa shape index (κ1) is 27.5. The minimum Gasteiger partial charge on any atom is -0.394 e. The molecule has 0 spiro atoms. The highest BCUT2D eigenvalue weighted by molar-refractivity contribution is 4.97. The first-order chi connectivity index (χ1) is 13.3. The van der Waals surface area contributed by atoms with Gasteiger partial charge in [0.25, 0.3) is 0 Å². The summed E-state index contributed by atoms with van der Waals surface area (Å²) in [4.78, 5) is 0. The van der Waals surface area contributed by atoms with Crippen LogP contribution in [0.3, 0.4) is 0 Å². The minimum atomic E-state index is -0.892. The highest BCUT2D eigenvalue weighted by Crippen LogP contribution is 2.19. The second kappa shape index (κ2) is 18.6.